The summed E-state index contributed by atoms with van der Waals surface area (Å²) in [6.07, 6.45) is 0. The maximum atomic E-state index is 5.99. The van der Waals surface area contributed by atoms with Gasteiger partial charge in [-0.3, -0.25) is 0 Å². The second-order valence-electron chi connectivity index (χ2n) is 6.72. The molecule has 0 amide bonds. The molecule has 0 radical (unpaired) electrons. The van der Waals surface area contributed by atoms with Crippen LogP contribution in [0, 0.1) is 0 Å². The van der Waals surface area contributed by atoms with Gasteiger partial charge in [-0.2, -0.15) is 0 Å². The van der Waals surface area contributed by atoms with Gasteiger partial charge in [0, 0.05) is 10.8 Å². The van der Waals surface area contributed by atoms with E-state index in [1.54, 1.807) is 0 Å². The van der Waals surface area contributed by atoms with Crippen molar-refractivity contribution in [1.29, 1.82) is 0 Å². The van der Waals surface area contributed by atoms with Crippen LogP contribution in [0.3, 0.4) is 0 Å². The molecule has 104 valence electrons. The monoisotopic (exact) mass is 274 g/mol. The van der Waals surface area contributed by atoms with Crippen LogP contribution in [0.4, 0.5) is 0 Å². The summed E-state index contributed by atoms with van der Waals surface area (Å²) >= 11 is 0. The van der Waals surface area contributed by atoms with Crippen molar-refractivity contribution in [2.75, 3.05) is 0 Å². The molecule has 0 aliphatic rings. The van der Waals surface area contributed by atoms with Crippen molar-refractivity contribution in [3.05, 3.63) is 60.2 Å². The van der Waals surface area contributed by atoms with E-state index >= 15 is 0 Å². The Morgan fingerprint density at radius 2 is 1.52 bits per heavy atom. The van der Waals surface area contributed by atoms with Crippen LogP contribution in [0.25, 0.3) is 32.7 Å². The van der Waals surface area contributed by atoms with Crippen LogP contribution in [0.5, 0.6) is 0 Å². The van der Waals surface area contributed by atoms with E-state index in [1.807, 2.05) is 12.1 Å². The van der Waals surface area contributed by atoms with Gasteiger partial charge >= 0.3 is 0 Å². The summed E-state index contributed by atoms with van der Waals surface area (Å²) in [6, 6.07) is 19.2. The number of furan rings is 1. The number of para-hydroxylation sites is 1. The first-order valence-corrected chi connectivity index (χ1v) is 7.38. The summed E-state index contributed by atoms with van der Waals surface area (Å²) in [5.74, 6) is 0. The summed E-state index contributed by atoms with van der Waals surface area (Å²) in [4.78, 5) is 0. The Morgan fingerprint density at radius 3 is 2.33 bits per heavy atom. The van der Waals surface area contributed by atoms with Gasteiger partial charge in [-0.05, 0) is 39.9 Å². The third-order valence-electron chi connectivity index (χ3n) is 4.19. The van der Waals surface area contributed by atoms with E-state index in [2.05, 4.69) is 63.2 Å². The molecule has 0 saturated carbocycles. The average Bonchev–Trinajstić information content (AvgIpc) is 2.80. The lowest BCUT2D eigenvalue weighted by atomic mass is 9.83. The van der Waals surface area contributed by atoms with Crippen LogP contribution in [0.2, 0.25) is 0 Å². The van der Waals surface area contributed by atoms with Crippen molar-refractivity contribution >= 4 is 32.7 Å². The zero-order chi connectivity index (χ0) is 14.6. The fourth-order valence-electron chi connectivity index (χ4n) is 3.15. The first kappa shape index (κ1) is 12.5. The highest BCUT2D eigenvalue weighted by Gasteiger charge is 2.17. The second kappa shape index (κ2) is 4.11. The molecular formula is C20H18O. The molecule has 3 aromatic carbocycles. The molecule has 0 unspecified atom stereocenters. The highest BCUT2D eigenvalue weighted by molar-refractivity contribution is 6.10. The molecular weight excluding hydrogens is 256 g/mol. The molecule has 0 fully saturated rings. The van der Waals surface area contributed by atoms with E-state index in [1.165, 1.54) is 27.1 Å². The smallest absolute Gasteiger partial charge is 0.136 e. The Bertz CT molecular complexity index is 968. The summed E-state index contributed by atoms with van der Waals surface area (Å²) in [5, 5.41) is 4.96. The average molecular weight is 274 g/mol. The Labute approximate surface area is 124 Å². The highest BCUT2D eigenvalue weighted by Crippen LogP contribution is 2.36. The molecule has 4 rings (SSSR count). The van der Waals surface area contributed by atoms with Gasteiger partial charge in [0.1, 0.15) is 11.2 Å². The molecule has 0 spiro atoms. The Morgan fingerprint density at radius 1 is 0.714 bits per heavy atom. The molecule has 0 aliphatic carbocycles. The lowest BCUT2D eigenvalue weighted by Crippen LogP contribution is -2.11. The predicted molar refractivity (Wildman–Crippen MR) is 89.9 cm³/mol. The van der Waals surface area contributed by atoms with Gasteiger partial charge in [0.15, 0.2) is 0 Å². The number of rotatable bonds is 0. The third kappa shape index (κ3) is 1.84. The first-order chi connectivity index (χ1) is 10.0. The lowest BCUT2D eigenvalue weighted by molar-refractivity contribution is 0.596. The van der Waals surface area contributed by atoms with E-state index in [9.17, 15) is 0 Å². The Hall–Kier alpha value is -2.28. The number of hydrogen-bond acceptors (Lipinski definition) is 1. The van der Waals surface area contributed by atoms with Crippen molar-refractivity contribution in [1.82, 2.24) is 0 Å². The zero-order valence-electron chi connectivity index (χ0n) is 12.6. The molecule has 0 aliphatic heterocycles. The Kier molecular flexibility index (Phi) is 2.44. The van der Waals surface area contributed by atoms with Gasteiger partial charge in [0.25, 0.3) is 0 Å². The van der Waals surface area contributed by atoms with Gasteiger partial charge in [0.05, 0.1) is 0 Å². The molecule has 1 nitrogen and oxygen atoms in total. The zero-order valence-corrected chi connectivity index (χ0v) is 12.6. The maximum Gasteiger partial charge on any atom is 0.136 e. The van der Waals surface area contributed by atoms with Gasteiger partial charge < -0.3 is 4.42 Å². The minimum atomic E-state index is 0.132. The van der Waals surface area contributed by atoms with Crippen molar-refractivity contribution in [2.45, 2.75) is 26.2 Å². The van der Waals surface area contributed by atoms with Gasteiger partial charge in [-0.1, -0.05) is 57.2 Å². The molecule has 0 N–H and O–H groups in total. The van der Waals surface area contributed by atoms with Crippen LogP contribution >= 0.6 is 0 Å². The summed E-state index contributed by atoms with van der Waals surface area (Å²) in [5.41, 5.74) is 3.44. The van der Waals surface area contributed by atoms with Gasteiger partial charge in [0.2, 0.25) is 0 Å². The Balaban J connectivity index is 2.19. The van der Waals surface area contributed by atoms with E-state index in [4.69, 9.17) is 4.42 Å². The first-order valence-electron chi connectivity index (χ1n) is 7.38. The van der Waals surface area contributed by atoms with E-state index in [-0.39, 0.29) is 5.41 Å². The topological polar surface area (TPSA) is 13.1 Å². The minimum Gasteiger partial charge on any atom is -0.456 e. The fraction of sp³-hybridized carbons (Fsp3) is 0.200. The molecule has 4 aromatic rings. The van der Waals surface area contributed by atoms with Crippen molar-refractivity contribution in [2.24, 2.45) is 0 Å². The summed E-state index contributed by atoms with van der Waals surface area (Å²) in [6.45, 7) is 6.79. The SMILES string of the molecule is CC(C)(C)c1cccc2cc3oc4ccccc4c3cc12. The second-order valence-corrected chi connectivity index (χ2v) is 6.72. The number of fused-ring (bicyclic) bond motifs is 4. The molecule has 0 bridgehead atoms. The van der Waals surface area contributed by atoms with Crippen LogP contribution < -0.4 is 0 Å². The molecule has 0 atom stereocenters. The minimum absolute atomic E-state index is 0.132. The quantitative estimate of drug-likeness (QED) is 0.381. The van der Waals surface area contributed by atoms with E-state index in [0.717, 1.165) is 11.2 Å². The summed E-state index contributed by atoms with van der Waals surface area (Å²) < 4.78 is 5.99. The van der Waals surface area contributed by atoms with Gasteiger partial charge in [-0.25, -0.2) is 0 Å². The van der Waals surface area contributed by atoms with Crippen molar-refractivity contribution in [3.63, 3.8) is 0 Å². The lowest BCUT2D eigenvalue weighted by Gasteiger charge is -2.21. The van der Waals surface area contributed by atoms with Crippen LogP contribution in [-0.4, -0.2) is 0 Å². The third-order valence-corrected chi connectivity index (χ3v) is 4.19. The molecule has 1 aromatic heterocycles. The molecule has 0 saturated heterocycles. The molecule has 21 heavy (non-hydrogen) atoms. The van der Waals surface area contributed by atoms with Crippen LogP contribution in [-0.2, 0) is 5.41 Å². The fourth-order valence-corrected chi connectivity index (χ4v) is 3.15. The van der Waals surface area contributed by atoms with Crippen molar-refractivity contribution in [3.8, 4) is 0 Å². The van der Waals surface area contributed by atoms with Gasteiger partial charge in [-0.15, -0.1) is 0 Å². The largest absolute Gasteiger partial charge is 0.456 e. The van der Waals surface area contributed by atoms with E-state index < -0.39 is 0 Å². The molecule has 1 heterocycles. The normalized spacial score (nSPS) is 12.5. The number of hydrogen-bond donors (Lipinski definition) is 0. The van der Waals surface area contributed by atoms with Crippen LogP contribution in [0.15, 0.2) is 59.0 Å². The number of benzene rings is 3. The van der Waals surface area contributed by atoms with Crippen molar-refractivity contribution < 1.29 is 4.42 Å². The standard InChI is InChI=1S/C20H18O/c1-20(2,3)17-9-6-7-13-11-19-16(12-15(13)17)14-8-4-5-10-18(14)21-19/h4-12H,1-3H3. The predicted octanol–water partition coefficient (Wildman–Crippen LogP) is 6.04. The molecule has 1 heteroatoms. The summed E-state index contributed by atoms with van der Waals surface area (Å²) in [7, 11) is 0. The highest BCUT2D eigenvalue weighted by atomic mass is 16.3. The maximum absolute atomic E-state index is 5.99. The van der Waals surface area contributed by atoms with Crippen LogP contribution in [0.1, 0.15) is 26.3 Å². The van der Waals surface area contributed by atoms with E-state index in [0.29, 0.717) is 0 Å².